The number of alkyl halides is 3. The summed E-state index contributed by atoms with van der Waals surface area (Å²) >= 11 is 0.945. The number of aromatic nitrogens is 2. The van der Waals surface area contributed by atoms with Crippen LogP contribution in [0.1, 0.15) is 42.4 Å². The van der Waals surface area contributed by atoms with Gasteiger partial charge in [-0.2, -0.15) is 13.2 Å². The van der Waals surface area contributed by atoms with Crippen molar-refractivity contribution in [2.45, 2.75) is 55.9 Å². The van der Waals surface area contributed by atoms with Gasteiger partial charge in [0.1, 0.15) is 5.56 Å². The van der Waals surface area contributed by atoms with Crippen molar-refractivity contribution in [3.63, 3.8) is 0 Å². The molecule has 3 aliphatic rings. The van der Waals surface area contributed by atoms with Crippen LogP contribution in [-0.2, 0) is 27.2 Å². The van der Waals surface area contributed by atoms with Crippen molar-refractivity contribution in [2.24, 2.45) is 0 Å². The lowest BCUT2D eigenvalue weighted by molar-refractivity contribution is -0.137. The number of benzene rings is 1. The third-order valence-corrected chi connectivity index (χ3v) is 11.4. The van der Waals surface area contributed by atoms with Gasteiger partial charge in [0.05, 0.1) is 45.4 Å². The summed E-state index contributed by atoms with van der Waals surface area (Å²) in [6.07, 6.45) is -2.84. The molecule has 2 fully saturated rings. The average molecular weight is 624 g/mol. The number of likely N-dealkylation sites (tertiary alicyclic amines) is 1. The minimum atomic E-state index is -4.74. The maximum atomic E-state index is 14.1. The first-order valence-corrected chi connectivity index (χ1v) is 16.4. The zero-order chi connectivity index (χ0) is 29.8. The second kappa shape index (κ2) is 11.1. The molecule has 0 unspecified atom stereocenters. The lowest BCUT2D eigenvalue weighted by atomic mass is 10.1. The second-order valence-corrected chi connectivity index (χ2v) is 14.0. The summed E-state index contributed by atoms with van der Waals surface area (Å²) in [7, 11) is -3.71. The summed E-state index contributed by atoms with van der Waals surface area (Å²) in [5.74, 6) is -0.255. The van der Waals surface area contributed by atoms with E-state index in [0.29, 0.717) is 35.6 Å². The molecule has 226 valence electrons. The normalized spacial score (nSPS) is 23.7. The van der Waals surface area contributed by atoms with Gasteiger partial charge in [-0.25, -0.2) is 18.4 Å². The molecule has 9 nitrogen and oxygen atoms in total. The van der Waals surface area contributed by atoms with Crippen LogP contribution in [0.4, 0.5) is 30.5 Å². The highest BCUT2D eigenvalue weighted by atomic mass is 32.2. The SMILES string of the molecule is CCc1cc(N2C[C@H]3C[C@@H]2CN3CCO)ccc1Nc1ncc(C(F)(F)F)c(-c2cc3c(s2)[C@H](C)OCCS3(=O)=O)n1. The van der Waals surface area contributed by atoms with E-state index in [1.54, 1.807) is 6.92 Å². The number of β-amino-alcohol motifs (C(OH)–C–C–N with tert-alkyl or cyclic N) is 1. The summed E-state index contributed by atoms with van der Waals surface area (Å²) in [4.78, 5) is 13.4. The van der Waals surface area contributed by atoms with Gasteiger partial charge in [0.25, 0.3) is 0 Å². The molecule has 0 amide bonds. The molecule has 0 spiro atoms. The third-order valence-electron chi connectivity index (χ3n) is 8.27. The van der Waals surface area contributed by atoms with Gasteiger partial charge in [-0.15, -0.1) is 11.3 Å². The average Bonchev–Trinajstić information content (AvgIpc) is 3.66. The molecule has 3 atom stereocenters. The van der Waals surface area contributed by atoms with Crippen LogP contribution in [0.3, 0.4) is 0 Å². The van der Waals surface area contributed by atoms with Crippen molar-refractivity contribution in [2.75, 3.05) is 48.8 Å². The molecule has 42 heavy (non-hydrogen) atoms. The number of sulfone groups is 1. The summed E-state index contributed by atoms with van der Waals surface area (Å²) in [6, 6.07) is 8.05. The number of aryl methyl sites for hydroxylation is 1. The number of hydrogen-bond acceptors (Lipinski definition) is 10. The Morgan fingerprint density at radius 3 is 2.71 bits per heavy atom. The van der Waals surface area contributed by atoms with Gasteiger partial charge in [0.15, 0.2) is 9.84 Å². The Hall–Kier alpha value is -2.78. The molecular formula is C28H32F3N5O4S2. The number of nitrogens with zero attached hydrogens (tertiary/aromatic N) is 4. The quantitative estimate of drug-likeness (QED) is 0.389. The van der Waals surface area contributed by atoms with Crippen LogP contribution in [0.2, 0.25) is 0 Å². The molecule has 3 aliphatic heterocycles. The molecule has 0 saturated carbocycles. The second-order valence-electron chi connectivity index (χ2n) is 10.9. The molecule has 1 aromatic carbocycles. The Labute approximate surface area is 246 Å². The molecule has 6 rings (SSSR count). The number of thiophene rings is 1. The van der Waals surface area contributed by atoms with Crippen LogP contribution in [0.5, 0.6) is 0 Å². The van der Waals surface area contributed by atoms with Gasteiger partial charge in [0.2, 0.25) is 5.95 Å². The number of fused-ring (bicyclic) bond motifs is 3. The molecular weight excluding hydrogens is 591 g/mol. The minimum Gasteiger partial charge on any atom is -0.395 e. The fourth-order valence-electron chi connectivity index (χ4n) is 6.15. The third kappa shape index (κ3) is 5.39. The van der Waals surface area contributed by atoms with E-state index in [-0.39, 0.29) is 40.4 Å². The minimum absolute atomic E-state index is 0.00676. The number of piperazine rings is 1. The molecule has 2 bridgehead atoms. The zero-order valence-corrected chi connectivity index (χ0v) is 24.8. The monoisotopic (exact) mass is 623 g/mol. The van der Waals surface area contributed by atoms with Crippen molar-refractivity contribution in [3.05, 3.63) is 46.5 Å². The van der Waals surface area contributed by atoms with Gasteiger partial charge < -0.3 is 20.1 Å². The zero-order valence-electron chi connectivity index (χ0n) is 23.2. The number of aliphatic hydroxyl groups is 1. The highest BCUT2D eigenvalue weighted by molar-refractivity contribution is 7.91. The van der Waals surface area contributed by atoms with E-state index in [0.717, 1.165) is 48.3 Å². The maximum Gasteiger partial charge on any atom is 0.420 e. The van der Waals surface area contributed by atoms with Crippen LogP contribution in [0.15, 0.2) is 35.4 Å². The first kappa shape index (κ1) is 29.3. The van der Waals surface area contributed by atoms with Crippen molar-refractivity contribution >= 4 is 38.5 Å². The fourth-order valence-corrected chi connectivity index (χ4v) is 9.10. The summed E-state index contributed by atoms with van der Waals surface area (Å²) in [6.45, 7) is 6.35. The van der Waals surface area contributed by atoms with E-state index in [2.05, 4.69) is 31.2 Å². The predicted molar refractivity (Wildman–Crippen MR) is 154 cm³/mol. The number of rotatable bonds is 7. The van der Waals surface area contributed by atoms with Crippen LogP contribution in [0, 0.1) is 0 Å². The number of halogens is 3. The van der Waals surface area contributed by atoms with Gasteiger partial charge in [0, 0.05) is 49.3 Å². The Balaban J connectivity index is 1.31. The number of ether oxygens (including phenoxy) is 1. The molecule has 0 radical (unpaired) electrons. The van der Waals surface area contributed by atoms with Crippen LogP contribution in [0.25, 0.3) is 10.6 Å². The molecule has 3 aromatic rings. The largest absolute Gasteiger partial charge is 0.420 e. The summed E-state index contributed by atoms with van der Waals surface area (Å²) < 4.78 is 73.3. The lowest BCUT2D eigenvalue weighted by Crippen LogP contribution is -2.47. The van der Waals surface area contributed by atoms with E-state index in [9.17, 15) is 26.7 Å². The number of anilines is 3. The number of nitrogens with one attached hydrogen (secondary N) is 1. The first-order valence-electron chi connectivity index (χ1n) is 13.9. The predicted octanol–water partition coefficient (Wildman–Crippen LogP) is 4.65. The van der Waals surface area contributed by atoms with E-state index in [1.807, 2.05) is 19.1 Å². The summed E-state index contributed by atoms with van der Waals surface area (Å²) in [5, 5.41) is 12.4. The highest BCUT2D eigenvalue weighted by Gasteiger charge is 2.43. The van der Waals surface area contributed by atoms with Crippen molar-refractivity contribution in [1.82, 2.24) is 14.9 Å². The van der Waals surface area contributed by atoms with Gasteiger partial charge in [-0.3, -0.25) is 4.90 Å². The van der Waals surface area contributed by atoms with E-state index in [4.69, 9.17) is 4.74 Å². The Morgan fingerprint density at radius 1 is 1.21 bits per heavy atom. The van der Waals surface area contributed by atoms with E-state index in [1.165, 1.54) is 6.07 Å². The van der Waals surface area contributed by atoms with Crippen molar-refractivity contribution in [1.29, 1.82) is 0 Å². The van der Waals surface area contributed by atoms with Crippen molar-refractivity contribution < 1.29 is 31.4 Å². The highest BCUT2D eigenvalue weighted by Crippen LogP contribution is 2.44. The molecule has 14 heteroatoms. The molecule has 2 aromatic heterocycles. The lowest BCUT2D eigenvalue weighted by Gasteiger charge is -2.35. The van der Waals surface area contributed by atoms with Crippen LogP contribution < -0.4 is 10.2 Å². The van der Waals surface area contributed by atoms with Crippen molar-refractivity contribution in [3.8, 4) is 10.6 Å². The fraction of sp³-hybridized carbons (Fsp3) is 0.500. The molecule has 2 saturated heterocycles. The Kier molecular flexibility index (Phi) is 7.71. The van der Waals surface area contributed by atoms with E-state index >= 15 is 0 Å². The summed E-state index contributed by atoms with van der Waals surface area (Å²) in [5.41, 5.74) is 1.31. The topological polar surface area (TPSA) is 108 Å². The van der Waals surface area contributed by atoms with Gasteiger partial charge in [-0.1, -0.05) is 6.92 Å². The first-order chi connectivity index (χ1) is 20.0. The number of hydrogen-bond donors (Lipinski definition) is 2. The van der Waals surface area contributed by atoms with E-state index < -0.39 is 27.7 Å². The smallest absolute Gasteiger partial charge is 0.395 e. The van der Waals surface area contributed by atoms with Crippen LogP contribution >= 0.6 is 11.3 Å². The Bertz CT molecular complexity index is 1600. The molecule has 0 aliphatic carbocycles. The molecule has 5 heterocycles. The van der Waals surface area contributed by atoms with Gasteiger partial charge in [-0.05, 0) is 49.6 Å². The standard InChI is InChI=1S/C28H32F3N5O4S2/c1-3-17-10-18(36-15-19-11-20(36)14-35(19)6-7-37)4-5-22(17)33-27-32-13-21(28(29,30)31)25(34-27)23-12-24-26(41-23)16(2)40-8-9-42(24,38)39/h4-5,10,12-13,16,19-20,37H,3,6-9,11,14-15H2,1-2H3,(H,32,33,34)/t16-,19+,20+/m0/s1. The van der Waals surface area contributed by atoms with Crippen LogP contribution in [-0.4, -0.2) is 79.1 Å². The Morgan fingerprint density at radius 2 is 2.02 bits per heavy atom. The molecule has 2 N–H and O–H groups in total. The maximum absolute atomic E-state index is 14.1. The van der Waals surface area contributed by atoms with Gasteiger partial charge >= 0.3 is 6.18 Å². The number of aliphatic hydroxyl groups excluding tert-OH is 1.